The first-order valence-electron chi connectivity index (χ1n) is 13.2. The van der Waals surface area contributed by atoms with Crippen molar-refractivity contribution in [3.8, 4) is 0 Å². The molecule has 0 atom stereocenters. The average Bonchev–Trinajstić information content (AvgIpc) is 3.78. The number of hydrogen-bond donors (Lipinski definition) is 4. The molecule has 12 nitrogen and oxygen atoms in total. The van der Waals surface area contributed by atoms with Crippen LogP contribution in [0.5, 0.6) is 0 Å². The number of hydrogen-bond acceptors (Lipinski definition) is 10. The van der Waals surface area contributed by atoms with E-state index in [9.17, 15) is 26.4 Å². The van der Waals surface area contributed by atoms with Gasteiger partial charge in [-0.15, -0.1) is 22.7 Å². The Bertz CT molecular complexity index is 1960. The quantitative estimate of drug-likeness (QED) is 0.106. The molecule has 0 aliphatic carbocycles. The highest BCUT2D eigenvalue weighted by atomic mass is 32.3. The Labute approximate surface area is 272 Å². The Kier molecular flexibility index (Phi) is 10.0. The second kappa shape index (κ2) is 14.3. The van der Waals surface area contributed by atoms with Crippen molar-refractivity contribution in [3.63, 3.8) is 0 Å². The fourth-order valence-electron chi connectivity index (χ4n) is 3.88. The molecule has 5 rings (SSSR count). The number of thiophene rings is 2. The fourth-order valence-corrected chi connectivity index (χ4v) is 8.03. The first-order chi connectivity index (χ1) is 22.1. The summed E-state index contributed by atoms with van der Waals surface area (Å²) in [5, 5.41) is 11.2. The van der Waals surface area contributed by atoms with Crippen molar-refractivity contribution in [2.45, 2.75) is 8.42 Å². The Morgan fingerprint density at radius 3 is 1.30 bits per heavy atom. The summed E-state index contributed by atoms with van der Waals surface area (Å²) in [6.07, 6.45) is 2.82. The highest BCUT2D eigenvalue weighted by Gasteiger charge is 2.20. The van der Waals surface area contributed by atoms with E-state index in [1.54, 1.807) is 71.4 Å². The van der Waals surface area contributed by atoms with Gasteiger partial charge in [-0.25, -0.2) is 27.7 Å². The first-order valence-corrected chi connectivity index (χ1v) is 17.9. The molecule has 0 aliphatic rings. The Morgan fingerprint density at radius 1 is 0.543 bits per heavy atom. The normalized spacial score (nSPS) is 11.8. The molecule has 2 aromatic heterocycles. The smallest absolute Gasteiger partial charge is 0.273 e. The van der Waals surface area contributed by atoms with Crippen molar-refractivity contribution in [2.75, 3.05) is 9.44 Å². The summed E-state index contributed by atoms with van der Waals surface area (Å²) in [4.78, 5) is 25.5. The van der Waals surface area contributed by atoms with Crippen LogP contribution in [0, 0.1) is 0 Å². The minimum Gasteiger partial charge on any atom is -0.278 e. The second-order valence-corrected chi connectivity index (χ2v) is 14.9. The SMILES string of the molecule is O=C(N/N=C/c1ccc(/C=N/NC(=O)c2ccccc2NS(=O)(=O)c2cccs2)cc1)c1ccccc1NS(=O)(=O)c1cccs1. The van der Waals surface area contributed by atoms with Crippen LogP contribution in [0.25, 0.3) is 0 Å². The van der Waals surface area contributed by atoms with Gasteiger partial charge in [0, 0.05) is 0 Å². The molecule has 0 radical (unpaired) electrons. The minimum absolute atomic E-state index is 0.0935. The number of carbonyl (C=O) groups excluding carboxylic acids is 2. The zero-order valence-corrected chi connectivity index (χ0v) is 26.8. The molecule has 0 spiro atoms. The van der Waals surface area contributed by atoms with E-state index in [0.29, 0.717) is 11.1 Å². The number of carbonyl (C=O) groups is 2. The van der Waals surface area contributed by atoms with Gasteiger partial charge in [-0.3, -0.25) is 19.0 Å². The third kappa shape index (κ3) is 8.10. The van der Waals surface area contributed by atoms with Crippen LogP contribution in [0.4, 0.5) is 11.4 Å². The molecule has 3 aromatic carbocycles. The first kappa shape index (κ1) is 32.2. The highest BCUT2D eigenvalue weighted by Crippen LogP contribution is 2.24. The number of hydrazone groups is 2. The third-order valence-electron chi connectivity index (χ3n) is 6.05. The van der Waals surface area contributed by atoms with Crippen LogP contribution in [-0.2, 0) is 20.0 Å². The number of amides is 2. The summed E-state index contributed by atoms with van der Waals surface area (Å²) in [5.74, 6) is -1.22. The third-order valence-corrected chi connectivity index (χ3v) is 11.6. The summed E-state index contributed by atoms with van der Waals surface area (Å²) in [6.45, 7) is 0. The van der Waals surface area contributed by atoms with Crippen molar-refractivity contribution in [1.82, 2.24) is 10.9 Å². The summed E-state index contributed by atoms with van der Waals surface area (Å²) < 4.78 is 55.6. The van der Waals surface area contributed by atoms with Gasteiger partial charge in [-0.05, 0) is 58.3 Å². The zero-order chi connectivity index (χ0) is 32.6. The predicted molar refractivity (Wildman–Crippen MR) is 180 cm³/mol. The van der Waals surface area contributed by atoms with Crippen LogP contribution in [0.15, 0.2) is 126 Å². The Balaban J connectivity index is 1.16. The molecule has 4 N–H and O–H groups in total. The van der Waals surface area contributed by atoms with E-state index < -0.39 is 31.9 Å². The molecule has 46 heavy (non-hydrogen) atoms. The van der Waals surface area contributed by atoms with Crippen LogP contribution in [0.1, 0.15) is 31.8 Å². The number of rotatable bonds is 12. The lowest BCUT2D eigenvalue weighted by Crippen LogP contribution is -2.21. The topological polar surface area (TPSA) is 175 Å². The van der Waals surface area contributed by atoms with E-state index >= 15 is 0 Å². The van der Waals surface area contributed by atoms with Gasteiger partial charge in [0.15, 0.2) is 0 Å². The number of nitrogens with one attached hydrogen (secondary N) is 4. The highest BCUT2D eigenvalue weighted by molar-refractivity contribution is 7.95. The maximum Gasteiger partial charge on any atom is 0.273 e. The molecular formula is C30H24N6O6S4. The average molecular weight is 693 g/mol. The van der Waals surface area contributed by atoms with Gasteiger partial charge >= 0.3 is 0 Å². The van der Waals surface area contributed by atoms with E-state index in [4.69, 9.17) is 0 Å². The molecular weight excluding hydrogens is 669 g/mol. The second-order valence-electron chi connectivity index (χ2n) is 9.23. The van der Waals surface area contributed by atoms with Crippen LogP contribution in [0.3, 0.4) is 0 Å². The summed E-state index contributed by atoms with van der Waals surface area (Å²) in [6, 6.07) is 25.4. The van der Waals surface area contributed by atoms with E-state index in [0.717, 1.165) is 22.7 Å². The van der Waals surface area contributed by atoms with E-state index in [1.807, 2.05) is 0 Å². The van der Waals surface area contributed by atoms with E-state index in [2.05, 4.69) is 30.5 Å². The minimum atomic E-state index is -3.84. The molecule has 0 unspecified atom stereocenters. The Hall–Kier alpha value is -5.16. The van der Waals surface area contributed by atoms with Crippen LogP contribution in [-0.4, -0.2) is 41.1 Å². The molecule has 2 amide bonds. The van der Waals surface area contributed by atoms with Crippen LogP contribution in [0.2, 0.25) is 0 Å². The van der Waals surface area contributed by atoms with Crippen molar-refractivity contribution in [3.05, 3.63) is 130 Å². The standard InChI is InChI=1S/C30H24N6O6S4/c37-29(23-7-1-3-9-25(23)35-45(39,40)27-11-5-17-43-27)33-31-19-21-13-15-22(16-14-21)20-32-34-30(38)24-8-2-4-10-26(24)36-46(41,42)28-12-6-18-44-28/h1-20,35-36H,(H,33,37)(H,34,38)/b31-19+,32-20+. The zero-order valence-electron chi connectivity index (χ0n) is 23.5. The molecule has 0 saturated carbocycles. The van der Waals surface area contributed by atoms with Crippen LogP contribution >= 0.6 is 22.7 Å². The molecule has 0 aliphatic heterocycles. The number of nitrogens with zero attached hydrogens (tertiary/aromatic N) is 2. The molecule has 0 saturated heterocycles. The lowest BCUT2D eigenvalue weighted by Gasteiger charge is -2.10. The molecule has 5 aromatic rings. The lowest BCUT2D eigenvalue weighted by atomic mass is 10.1. The maximum absolute atomic E-state index is 12.8. The molecule has 0 bridgehead atoms. The maximum atomic E-state index is 12.8. The van der Waals surface area contributed by atoms with Gasteiger partial charge in [-0.2, -0.15) is 10.2 Å². The summed E-state index contributed by atoms with van der Waals surface area (Å²) in [7, 11) is -7.69. The number of benzene rings is 3. The van der Waals surface area contributed by atoms with Gasteiger partial charge in [0.2, 0.25) is 0 Å². The number of sulfonamides is 2. The van der Waals surface area contributed by atoms with E-state index in [-0.39, 0.29) is 30.9 Å². The van der Waals surface area contributed by atoms with Gasteiger partial charge in [0.1, 0.15) is 8.42 Å². The lowest BCUT2D eigenvalue weighted by molar-refractivity contribution is 0.0948. The number of para-hydroxylation sites is 2. The largest absolute Gasteiger partial charge is 0.278 e. The van der Waals surface area contributed by atoms with Gasteiger partial charge in [0.05, 0.1) is 34.9 Å². The summed E-state index contributed by atoms with van der Waals surface area (Å²) >= 11 is 2.12. The summed E-state index contributed by atoms with van der Waals surface area (Å²) in [5.41, 5.74) is 6.48. The monoisotopic (exact) mass is 692 g/mol. The van der Waals surface area contributed by atoms with Crippen molar-refractivity contribution < 1.29 is 26.4 Å². The predicted octanol–water partition coefficient (Wildman–Crippen LogP) is 4.94. The van der Waals surface area contributed by atoms with Crippen LogP contribution < -0.4 is 20.3 Å². The Morgan fingerprint density at radius 2 is 0.935 bits per heavy atom. The molecule has 2 heterocycles. The van der Waals surface area contributed by atoms with E-state index in [1.165, 1.54) is 48.8 Å². The van der Waals surface area contributed by atoms with Gasteiger partial charge < -0.3 is 0 Å². The van der Waals surface area contributed by atoms with Crippen molar-refractivity contribution in [2.24, 2.45) is 10.2 Å². The number of anilines is 2. The van der Waals surface area contributed by atoms with Crippen molar-refractivity contribution in [1.29, 1.82) is 0 Å². The van der Waals surface area contributed by atoms with Crippen molar-refractivity contribution >= 4 is 78.3 Å². The molecule has 0 fully saturated rings. The molecule has 234 valence electrons. The van der Waals surface area contributed by atoms with Gasteiger partial charge in [-0.1, -0.05) is 60.7 Å². The van der Waals surface area contributed by atoms with Gasteiger partial charge in [0.25, 0.3) is 31.9 Å². The fraction of sp³-hybridized carbons (Fsp3) is 0. The molecule has 16 heteroatoms.